The first-order valence-corrected chi connectivity index (χ1v) is 9.68. The maximum atomic E-state index is 11.4. The molecular formula is C21H25N3O2S. The van der Waals surface area contributed by atoms with Crippen molar-refractivity contribution in [2.45, 2.75) is 56.7 Å². The van der Waals surface area contributed by atoms with Crippen LogP contribution in [-0.2, 0) is 10.2 Å². The van der Waals surface area contributed by atoms with Gasteiger partial charge in [0.05, 0.1) is 23.1 Å². The van der Waals surface area contributed by atoms with Gasteiger partial charge in [0.2, 0.25) is 0 Å². The average Bonchev–Trinajstić information content (AvgIpc) is 3.02. The van der Waals surface area contributed by atoms with Crippen molar-refractivity contribution in [1.82, 2.24) is 15.0 Å². The van der Waals surface area contributed by atoms with E-state index in [-0.39, 0.29) is 5.41 Å². The lowest BCUT2D eigenvalue weighted by Gasteiger charge is -2.19. The third kappa shape index (κ3) is 3.86. The number of rotatable bonds is 4. The normalized spacial score (nSPS) is 12.5. The first-order valence-electron chi connectivity index (χ1n) is 8.86. The smallest absolute Gasteiger partial charge is 0.319 e. The van der Waals surface area contributed by atoms with Gasteiger partial charge in [-0.05, 0) is 55.5 Å². The van der Waals surface area contributed by atoms with Crippen molar-refractivity contribution < 1.29 is 9.90 Å². The van der Waals surface area contributed by atoms with Crippen LogP contribution in [0.1, 0.15) is 45.7 Å². The van der Waals surface area contributed by atoms with Crippen LogP contribution in [0.4, 0.5) is 0 Å². The zero-order chi connectivity index (χ0) is 20.0. The van der Waals surface area contributed by atoms with Crippen molar-refractivity contribution >= 4 is 28.6 Å². The molecule has 0 radical (unpaired) electrons. The number of aryl methyl sites for hydroxylation is 1. The molecule has 3 aromatic rings. The summed E-state index contributed by atoms with van der Waals surface area (Å²) in [5.74, 6) is -0.855. The van der Waals surface area contributed by atoms with Gasteiger partial charge in [0.1, 0.15) is 9.77 Å². The zero-order valence-electron chi connectivity index (χ0n) is 16.5. The van der Waals surface area contributed by atoms with Crippen LogP contribution in [-0.4, -0.2) is 30.8 Å². The van der Waals surface area contributed by atoms with Crippen molar-refractivity contribution in [3.8, 4) is 11.4 Å². The highest BCUT2D eigenvalue weighted by atomic mass is 32.2. The molecule has 3 rings (SSSR count). The summed E-state index contributed by atoms with van der Waals surface area (Å²) in [5.41, 5.74) is 4.98. The first kappa shape index (κ1) is 19.4. The molecule has 2 N–H and O–H groups in total. The van der Waals surface area contributed by atoms with E-state index in [4.69, 9.17) is 0 Å². The summed E-state index contributed by atoms with van der Waals surface area (Å²) >= 11 is 1.27. The van der Waals surface area contributed by atoms with Gasteiger partial charge in [-0.3, -0.25) is 9.78 Å². The molecule has 0 aliphatic heterocycles. The molecule has 0 saturated heterocycles. The van der Waals surface area contributed by atoms with Crippen molar-refractivity contribution in [3.63, 3.8) is 0 Å². The summed E-state index contributed by atoms with van der Waals surface area (Å²) in [4.78, 5) is 23.8. The van der Waals surface area contributed by atoms with Crippen LogP contribution in [0.25, 0.3) is 22.3 Å². The predicted octanol–water partition coefficient (Wildman–Crippen LogP) is 5.19. The number of aromatic amines is 1. The second-order valence-electron chi connectivity index (χ2n) is 8.30. The van der Waals surface area contributed by atoms with Crippen molar-refractivity contribution in [2.75, 3.05) is 0 Å². The molecule has 0 aromatic carbocycles. The maximum Gasteiger partial charge on any atom is 0.319 e. The molecule has 0 spiro atoms. The maximum absolute atomic E-state index is 11.4. The topological polar surface area (TPSA) is 78.9 Å². The zero-order valence-corrected chi connectivity index (χ0v) is 17.4. The van der Waals surface area contributed by atoms with E-state index in [9.17, 15) is 9.90 Å². The SMILES string of the molecule is Cc1c(SC(C)(C)C(=O)O)ncc2[nH]c(-c3cc(C(C)(C)C)ccn3)cc12. The second-order valence-corrected chi connectivity index (χ2v) is 9.91. The minimum Gasteiger partial charge on any atom is -0.480 e. The van der Waals surface area contributed by atoms with Crippen LogP contribution >= 0.6 is 11.8 Å². The standard InChI is InChI=1S/C21H25N3O2S/c1-12-14-10-16(15-9-13(7-8-22-15)20(2,3)4)24-17(14)11-23-18(12)27-21(5,6)19(25)26/h7-11,24H,1-6H3,(H,25,26). The van der Waals surface area contributed by atoms with Crippen molar-refractivity contribution in [2.24, 2.45) is 0 Å². The van der Waals surface area contributed by atoms with Crippen LogP contribution in [0, 0.1) is 6.92 Å². The van der Waals surface area contributed by atoms with E-state index < -0.39 is 10.7 Å². The van der Waals surface area contributed by atoms with Gasteiger partial charge in [0, 0.05) is 11.6 Å². The van der Waals surface area contributed by atoms with Gasteiger partial charge in [0.15, 0.2) is 0 Å². The van der Waals surface area contributed by atoms with Crippen LogP contribution < -0.4 is 0 Å². The number of nitrogens with one attached hydrogen (secondary N) is 1. The fourth-order valence-electron chi connectivity index (χ4n) is 2.79. The lowest BCUT2D eigenvalue weighted by atomic mass is 9.87. The summed E-state index contributed by atoms with van der Waals surface area (Å²) in [6.07, 6.45) is 3.60. The third-order valence-electron chi connectivity index (χ3n) is 4.65. The Morgan fingerprint density at radius 3 is 2.48 bits per heavy atom. The number of aliphatic carboxylic acids is 1. The van der Waals surface area contributed by atoms with Crippen LogP contribution in [0.5, 0.6) is 0 Å². The quantitative estimate of drug-likeness (QED) is 0.606. The Morgan fingerprint density at radius 1 is 1.15 bits per heavy atom. The molecule has 0 unspecified atom stereocenters. The highest BCUT2D eigenvalue weighted by molar-refractivity contribution is 8.01. The molecular weight excluding hydrogens is 358 g/mol. The molecule has 27 heavy (non-hydrogen) atoms. The molecule has 5 nitrogen and oxygen atoms in total. The van der Waals surface area contributed by atoms with Gasteiger partial charge in [-0.2, -0.15) is 0 Å². The molecule has 3 heterocycles. The summed E-state index contributed by atoms with van der Waals surface area (Å²) in [7, 11) is 0. The number of hydrogen-bond acceptors (Lipinski definition) is 4. The number of carboxylic acids is 1. The number of pyridine rings is 2. The van der Waals surface area contributed by atoms with Gasteiger partial charge in [-0.15, -0.1) is 0 Å². The molecule has 0 aliphatic carbocycles. The third-order valence-corrected chi connectivity index (χ3v) is 5.94. The van der Waals surface area contributed by atoms with Crippen LogP contribution in [0.2, 0.25) is 0 Å². The summed E-state index contributed by atoms with van der Waals surface area (Å²) in [5, 5.41) is 11.2. The van der Waals surface area contributed by atoms with E-state index in [0.29, 0.717) is 0 Å². The Balaban J connectivity index is 2.04. The predicted molar refractivity (Wildman–Crippen MR) is 110 cm³/mol. The molecule has 0 atom stereocenters. The minimum absolute atomic E-state index is 0.0490. The average molecular weight is 384 g/mol. The Bertz CT molecular complexity index is 1020. The lowest BCUT2D eigenvalue weighted by Crippen LogP contribution is -2.27. The Morgan fingerprint density at radius 2 is 1.85 bits per heavy atom. The van der Waals surface area contributed by atoms with E-state index in [1.165, 1.54) is 17.3 Å². The van der Waals surface area contributed by atoms with E-state index >= 15 is 0 Å². The van der Waals surface area contributed by atoms with Gasteiger partial charge < -0.3 is 10.1 Å². The molecule has 6 heteroatoms. The highest BCUT2D eigenvalue weighted by Gasteiger charge is 2.30. The largest absolute Gasteiger partial charge is 0.480 e. The van der Waals surface area contributed by atoms with Crippen LogP contribution in [0.15, 0.2) is 35.6 Å². The molecule has 0 amide bonds. The lowest BCUT2D eigenvalue weighted by molar-refractivity contribution is -0.138. The first-order chi connectivity index (χ1) is 12.5. The van der Waals surface area contributed by atoms with E-state index in [0.717, 1.165) is 32.9 Å². The monoisotopic (exact) mass is 383 g/mol. The number of thioether (sulfide) groups is 1. The fourth-order valence-corrected chi connectivity index (χ4v) is 3.73. The number of fused-ring (bicyclic) bond motifs is 1. The van der Waals surface area contributed by atoms with Gasteiger partial charge in [0.25, 0.3) is 0 Å². The van der Waals surface area contributed by atoms with Gasteiger partial charge in [-0.25, -0.2) is 4.98 Å². The molecule has 3 aromatic heterocycles. The van der Waals surface area contributed by atoms with E-state index in [1.54, 1.807) is 20.0 Å². The number of H-pyrrole nitrogens is 1. The summed E-state index contributed by atoms with van der Waals surface area (Å²) in [6.45, 7) is 11.9. The van der Waals surface area contributed by atoms with Gasteiger partial charge in [-0.1, -0.05) is 32.5 Å². The van der Waals surface area contributed by atoms with Crippen molar-refractivity contribution in [1.29, 1.82) is 0 Å². The number of nitrogens with zero attached hydrogens (tertiary/aromatic N) is 2. The number of carbonyl (C=O) groups is 1. The fraction of sp³-hybridized carbons (Fsp3) is 0.381. The Hall–Kier alpha value is -2.34. The summed E-state index contributed by atoms with van der Waals surface area (Å²) < 4.78 is -0.937. The second kappa shape index (κ2) is 6.68. The number of carboxylic acid groups (broad SMARTS) is 1. The van der Waals surface area contributed by atoms with Crippen LogP contribution in [0.3, 0.4) is 0 Å². The molecule has 0 saturated carbocycles. The minimum atomic E-state index is -0.937. The van der Waals surface area contributed by atoms with Gasteiger partial charge >= 0.3 is 5.97 Å². The Labute approximate surface area is 163 Å². The molecule has 142 valence electrons. The molecule has 0 aliphatic rings. The highest BCUT2D eigenvalue weighted by Crippen LogP contribution is 2.37. The number of hydrogen-bond donors (Lipinski definition) is 2. The molecule has 0 fully saturated rings. The van der Waals surface area contributed by atoms with Crippen molar-refractivity contribution in [3.05, 3.63) is 41.7 Å². The van der Waals surface area contributed by atoms with E-state index in [2.05, 4.69) is 47.9 Å². The number of aromatic nitrogens is 3. The molecule has 0 bridgehead atoms. The summed E-state index contributed by atoms with van der Waals surface area (Å²) in [6, 6.07) is 6.22. The Kier molecular flexibility index (Phi) is 4.80. The van der Waals surface area contributed by atoms with E-state index in [1.807, 2.05) is 19.2 Å².